The first-order chi connectivity index (χ1) is 9.08. The van der Waals surface area contributed by atoms with Gasteiger partial charge in [0.25, 0.3) is 0 Å². The summed E-state index contributed by atoms with van der Waals surface area (Å²) in [5.41, 5.74) is 1.28. The number of carboxylic acid groups (broad SMARTS) is 1. The first-order valence-electron chi connectivity index (χ1n) is 6.10. The van der Waals surface area contributed by atoms with Crippen molar-refractivity contribution >= 4 is 11.9 Å². The zero-order valence-electron chi connectivity index (χ0n) is 10.5. The largest absolute Gasteiger partial charge is 0.481 e. The molecule has 1 saturated heterocycles. The molecule has 1 fully saturated rings. The minimum absolute atomic E-state index is 0.0356. The van der Waals surface area contributed by atoms with Gasteiger partial charge in [-0.2, -0.15) is 5.26 Å². The second-order valence-corrected chi connectivity index (χ2v) is 4.51. The van der Waals surface area contributed by atoms with Crippen molar-refractivity contribution in [1.82, 2.24) is 4.90 Å². The van der Waals surface area contributed by atoms with Crippen LogP contribution in [0.2, 0.25) is 0 Å². The Morgan fingerprint density at radius 1 is 1.47 bits per heavy atom. The Hall–Kier alpha value is -2.35. The number of carbonyl (C=O) groups is 2. The van der Waals surface area contributed by atoms with E-state index in [2.05, 4.69) is 0 Å². The van der Waals surface area contributed by atoms with E-state index in [0.29, 0.717) is 12.1 Å². The highest BCUT2D eigenvalue weighted by molar-refractivity contribution is 5.87. The van der Waals surface area contributed by atoms with Gasteiger partial charge in [-0.05, 0) is 24.6 Å². The van der Waals surface area contributed by atoms with E-state index in [-0.39, 0.29) is 12.3 Å². The maximum Gasteiger partial charge on any atom is 0.309 e. The number of nitriles is 1. The zero-order chi connectivity index (χ0) is 14.0. The van der Waals surface area contributed by atoms with Gasteiger partial charge in [-0.25, -0.2) is 0 Å². The van der Waals surface area contributed by atoms with Gasteiger partial charge in [-0.15, -0.1) is 0 Å². The number of carboxylic acids is 1. The summed E-state index contributed by atoms with van der Waals surface area (Å²) in [4.78, 5) is 24.7. The van der Waals surface area contributed by atoms with E-state index in [9.17, 15) is 14.7 Å². The van der Waals surface area contributed by atoms with Crippen molar-refractivity contribution in [2.45, 2.75) is 19.4 Å². The number of aliphatic carboxylic acids is 1. The fraction of sp³-hybridized carbons (Fsp3) is 0.357. The highest BCUT2D eigenvalue weighted by Crippen LogP contribution is 2.38. The number of carbonyl (C=O) groups excluding carboxylic acids is 1. The smallest absolute Gasteiger partial charge is 0.309 e. The Morgan fingerprint density at radius 2 is 2.11 bits per heavy atom. The molecule has 5 heteroatoms. The van der Waals surface area contributed by atoms with Crippen LogP contribution in [0.4, 0.5) is 0 Å². The number of amides is 1. The zero-order valence-corrected chi connectivity index (χ0v) is 10.5. The normalized spacial score (nSPS) is 22.3. The Morgan fingerprint density at radius 3 is 2.58 bits per heavy atom. The third kappa shape index (κ3) is 2.29. The van der Waals surface area contributed by atoms with Gasteiger partial charge in [-0.1, -0.05) is 12.1 Å². The average molecular weight is 258 g/mol. The molecule has 1 aliphatic rings. The predicted molar refractivity (Wildman–Crippen MR) is 67.0 cm³/mol. The van der Waals surface area contributed by atoms with Crippen molar-refractivity contribution in [3.8, 4) is 6.07 Å². The molecule has 0 spiro atoms. The van der Waals surface area contributed by atoms with Gasteiger partial charge >= 0.3 is 5.97 Å². The highest BCUT2D eigenvalue weighted by Gasteiger charge is 2.43. The monoisotopic (exact) mass is 258 g/mol. The molecule has 98 valence electrons. The molecule has 19 heavy (non-hydrogen) atoms. The van der Waals surface area contributed by atoms with E-state index in [1.807, 2.05) is 13.0 Å². The molecule has 1 aromatic carbocycles. The van der Waals surface area contributed by atoms with Crippen LogP contribution < -0.4 is 0 Å². The SMILES string of the molecule is CCN1C(=O)CC(C(=O)O)C1c1ccc(C#N)cc1. The summed E-state index contributed by atoms with van der Waals surface area (Å²) in [6, 6.07) is 8.31. The van der Waals surface area contributed by atoms with Crippen molar-refractivity contribution in [3.05, 3.63) is 35.4 Å². The molecule has 2 atom stereocenters. The second kappa shape index (κ2) is 5.11. The summed E-state index contributed by atoms with van der Waals surface area (Å²) in [5.74, 6) is -1.82. The second-order valence-electron chi connectivity index (χ2n) is 4.51. The highest BCUT2D eigenvalue weighted by atomic mass is 16.4. The van der Waals surface area contributed by atoms with Crippen LogP contribution in [0.5, 0.6) is 0 Å². The van der Waals surface area contributed by atoms with Gasteiger partial charge in [0.15, 0.2) is 0 Å². The quantitative estimate of drug-likeness (QED) is 0.891. The van der Waals surface area contributed by atoms with Gasteiger partial charge in [0.2, 0.25) is 5.91 Å². The minimum atomic E-state index is -0.960. The average Bonchev–Trinajstić information content (AvgIpc) is 2.76. The lowest BCUT2D eigenvalue weighted by Gasteiger charge is -2.26. The molecule has 2 rings (SSSR count). The summed E-state index contributed by atoms with van der Waals surface area (Å²) in [5, 5.41) is 18.0. The van der Waals surface area contributed by atoms with E-state index < -0.39 is 17.9 Å². The van der Waals surface area contributed by atoms with E-state index in [0.717, 1.165) is 5.56 Å². The third-order valence-electron chi connectivity index (χ3n) is 3.47. The van der Waals surface area contributed by atoms with Crippen LogP contribution in [0.1, 0.15) is 30.5 Å². The number of hydrogen-bond acceptors (Lipinski definition) is 3. The standard InChI is InChI=1S/C14H14N2O3/c1-2-16-12(17)7-11(14(18)19)13(16)10-5-3-9(8-15)4-6-10/h3-6,11,13H,2,7H2,1H3,(H,18,19). The van der Waals surface area contributed by atoms with Crippen LogP contribution in [-0.4, -0.2) is 28.4 Å². The van der Waals surface area contributed by atoms with Gasteiger partial charge < -0.3 is 10.0 Å². The van der Waals surface area contributed by atoms with Gasteiger partial charge in [0.1, 0.15) is 0 Å². The van der Waals surface area contributed by atoms with Crippen molar-refractivity contribution in [3.63, 3.8) is 0 Å². The molecule has 0 saturated carbocycles. The van der Waals surface area contributed by atoms with E-state index >= 15 is 0 Å². The summed E-state index contributed by atoms with van der Waals surface area (Å²) < 4.78 is 0. The number of likely N-dealkylation sites (tertiary alicyclic amines) is 1. The lowest BCUT2D eigenvalue weighted by atomic mass is 9.93. The molecule has 1 aliphatic heterocycles. The molecule has 0 aromatic heterocycles. The summed E-state index contributed by atoms with van der Waals surface area (Å²) in [6.45, 7) is 2.31. The molecule has 5 nitrogen and oxygen atoms in total. The fourth-order valence-corrected chi connectivity index (χ4v) is 2.55. The van der Waals surface area contributed by atoms with E-state index in [1.54, 1.807) is 29.2 Å². The number of benzene rings is 1. The topological polar surface area (TPSA) is 81.4 Å². The van der Waals surface area contributed by atoms with E-state index in [4.69, 9.17) is 5.26 Å². The summed E-state index contributed by atoms with van der Waals surface area (Å²) in [7, 11) is 0. The van der Waals surface area contributed by atoms with Crippen LogP contribution >= 0.6 is 0 Å². The Balaban J connectivity index is 2.39. The van der Waals surface area contributed by atoms with E-state index in [1.165, 1.54) is 0 Å². The predicted octanol–water partition coefficient (Wildman–Crippen LogP) is 1.55. The van der Waals surface area contributed by atoms with Crippen LogP contribution in [0, 0.1) is 17.2 Å². The fourth-order valence-electron chi connectivity index (χ4n) is 2.55. The maximum atomic E-state index is 11.8. The molecular formula is C14H14N2O3. The molecular weight excluding hydrogens is 244 g/mol. The number of rotatable bonds is 3. The summed E-state index contributed by atoms with van der Waals surface area (Å²) in [6.07, 6.45) is 0.0356. The molecule has 1 N–H and O–H groups in total. The summed E-state index contributed by atoms with van der Waals surface area (Å²) >= 11 is 0. The molecule has 2 unspecified atom stereocenters. The molecule has 0 radical (unpaired) electrons. The van der Waals surface area contributed by atoms with Crippen molar-refractivity contribution in [2.75, 3.05) is 6.54 Å². The molecule has 1 aromatic rings. The Labute approximate surface area is 111 Å². The maximum absolute atomic E-state index is 11.8. The number of nitrogens with zero attached hydrogens (tertiary/aromatic N) is 2. The Bertz CT molecular complexity index is 545. The van der Waals surface area contributed by atoms with Crippen molar-refractivity contribution < 1.29 is 14.7 Å². The lowest BCUT2D eigenvalue weighted by molar-refractivity contribution is -0.142. The first-order valence-corrected chi connectivity index (χ1v) is 6.10. The van der Waals surface area contributed by atoms with Crippen LogP contribution in [0.3, 0.4) is 0 Å². The van der Waals surface area contributed by atoms with Gasteiger partial charge in [0, 0.05) is 13.0 Å². The minimum Gasteiger partial charge on any atom is -0.481 e. The first kappa shape index (κ1) is 13.1. The molecule has 0 aliphatic carbocycles. The van der Waals surface area contributed by atoms with Crippen LogP contribution in [0.25, 0.3) is 0 Å². The molecule has 1 amide bonds. The van der Waals surface area contributed by atoms with Crippen LogP contribution in [-0.2, 0) is 9.59 Å². The Kier molecular flexibility index (Phi) is 3.52. The third-order valence-corrected chi connectivity index (χ3v) is 3.47. The van der Waals surface area contributed by atoms with Gasteiger partial charge in [0.05, 0.1) is 23.6 Å². The lowest BCUT2D eigenvalue weighted by Crippen LogP contribution is -2.30. The molecule has 0 bridgehead atoms. The number of hydrogen-bond donors (Lipinski definition) is 1. The van der Waals surface area contributed by atoms with Crippen molar-refractivity contribution in [2.24, 2.45) is 5.92 Å². The molecule has 1 heterocycles. The van der Waals surface area contributed by atoms with Crippen molar-refractivity contribution in [1.29, 1.82) is 5.26 Å². The van der Waals surface area contributed by atoms with Gasteiger partial charge in [-0.3, -0.25) is 9.59 Å². The van der Waals surface area contributed by atoms with Crippen LogP contribution in [0.15, 0.2) is 24.3 Å².